The minimum atomic E-state index is -0.189. The largest absolute Gasteiger partial charge is 0.456 e. The second-order valence-corrected chi connectivity index (χ2v) is 17.6. The van der Waals surface area contributed by atoms with E-state index in [-0.39, 0.29) is 16.3 Å². The van der Waals surface area contributed by atoms with Crippen molar-refractivity contribution in [1.29, 1.82) is 0 Å². The van der Waals surface area contributed by atoms with Gasteiger partial charge in [0.25, 0.3) is 0 Å². The van der Waals surface area contributed by atoms with Crippen molar-refractivity contribution in [2.24, 2.45) is 0 Å². The molecule has 2 aliphatic heterocycles. The quantitative estimate of drug-likeness (QED) is 0.169. The highest BCUT2D eigenvalue weighted by Crippen LogP contribution is 2.61. The molecule has 0 fully saturated rings. The molecule has 6 aromatic carbocycles. The molecule has 0 atom stereocenters. The Balaban J connectivity index is 1.23. The summed E-state index contributed by atoms with van der Waals surface area (Å²) in [6, 6.07) is 49.0. The smallest absolute Gasteiger partial charge is 0.200 e. The molecule has 0 saturated heterocycles. The number of para-hydroxylation sites is 5. The van der Waals surface area contributed by atoms with Gasteiger partial charge in [-0.15, -0.1) is 22.7 Å². The lowest BCUT2D eigenvalue weighted by molar-refractivity contribution is 0.632. The van der Waals surface area contributed by atoms with Crippen LogP contribution in [0, 0.1) is 0 Å². The van der Waals surface area contributed by atoms with Gasteiger partial charge < -0.3 is 14.2 Å². The first kappa shape index (κ1) is 32.5. The fourth-order valence-electron chi connectivity index (χ4n) is 9.19. The summed E-state index contributed by atoms with van der Waals surface area (Å²) in [5, 5.41) is 4.65. The Labute approximate surface area is 327 Å². The first-order valence-corrected chi connectivity index (χ1v) is 20.4. The van der Waals surface area contributed by atoms with Crippen molar-refractivity contribution in [2.45, 2.75) is 38.5 Å². The number of rotatable bonds is 3. The molecular formula is C49H36N2O2S2. The molecule has 2 aliphatic rings. The standard InChI is InChI=1S/C49H36N2O2S2/c1-48(2)32-16-6-10-20-36(32)50(37-21-11-7-17-33(37)48)40-28-54-46-43(29-25-26-31-42(27-29)53-41-24-14-5-15-30(41)44(31)52)47(55-45(40)46)51-38-22-12-8-18-34(38)49(3,4)35-19-9-13-23-39(35)51/h5-28H,1-4H3. The zero-order valence-electron chi connectivity index (χ0n) is 30.9. The third-order valence-electron chi connectivity index (χ3n) is 12.0. The third-order valence-corrected chi connectivity index (χ3v) is 14.3. The number of anilines is 6. The SMILES string of the molecule is CC1(C)c2ccccc2N(c2sc3c(N4c5ccccc5C(C)(C)c5ccccc54)csc3c2-c2ccc3c(=O)c4ccccc4oc3c2)c2ccccc21. The van der Waals surface area contributed by atoms with Crippen LogP contribution in [0.15, 0.2) is 154 Å². The molecule has 0 aliphatic carbocycles. The van der Waals surface area contributed by atoms with Crippen LogP contribution in [0.25, 0.3) is 42.5 Å². The molecule has 0 unspecified atom stereocenters. The van der Waals surface area contributed by atoms with E-state index < -0.39 is 0 Å². The summed E-state index contributed by atoms with van der Waals surface area (Å²) >= 11 is 3.63. The van der Waals surface area contributed by atoms with Gasteiger partial charge in [0.15, 0.2) is 0 Å². The minimum Gasteiger partial charge on any atom is -0.456 e. The van der Waals surface area contributed by atoms with Crippen LogP contribution in [0.4, 0.5) is 33.4 Å². The van der Waals surface area contributed by atoms with Crippen molar-refractivity contribution in [3.05, 3.63) is 177 Å². The summed E-state index contributed by atoms with van der Waals surface area (Å²) < 4.78 is 8.91. The van der Waals surface area contributed by atoms with Crippen LogP contribution in [0.2, 0.25) is 0 Å². The van der Waals surface area contributed by atoms with Gasteiger partial charge in [-0.1, -0.05) is 119 Å². The maximum Gasteiger partial charge on any atom is 0.200 e. The van der Waals surface area contributed by atoms with E-state index in [2.05, 4.69) is 152 Å². The second-order valence-electron chi connectivity index (χ2n) is 15.7. The molecule has 3 aromatic heterocycles. The van der Waals surface area contributed by atoms with E-state index in [1.807, 2.05) is 41.7 Å². The number of benzene rings is 6. The second kappa shape index (κ2) is 11.5. The summed E-state index contributed by atoms with van der Waals surface area (Å²) in [4.78, 5) is 18.7. The average Bonchev–Trinajstić information content (AvgIpc) is 3.78. The Morgan fingerprint density at radius 2 is 1.00 bits per heavy atom. The van der Waals surface area contributed by atoms with Gasteiger partial charge in [-0.05, 0) is 76.3 Å². The Morgan fingerprint density at radius 3 is 1.58 bits per heavy atom. The highest BCUT2D eigenvalue weighted by molar-refractivity contribution is 7.31. The lowest BCUT2D eigenvalue weighted by atomic mass is 9.73. The van der Waals surface area contributed by atoms with Gasteiger partial charge in [-0.2, -0.15) is 0 Å². The van der Waals surface area contributed by atoms with E-state index >= 15 is 0 Å². The van der Waals surface area contributed by atoms with Gasteiger partial charge in [-0.3, -0.25) is 4.79 Å². The van der Waals surface area contributed by atoms with Crippen molar-refractivity contribution < 1.29 is 4.42 Å². The summed E-state index contributed by atoms with van der Waals surface area (Å²) in [7, 11) is 0. The van der Waals surface area contributed by atoms with Crippen molar-refractivity contribution in [2.75, 3.05) is 9.80 Å². The maximum atomic E-state index is 13.7. The van der Waals surface area contributed by atoms with Crippen LogP contribution >= 0.6 is 22.7 Å². The summed E-state index contributed by atoms with van der Waals surface area (Å²) in [6.07, 6.45) is 0. The molecule has 0 bridgehead atoms. The van der Waals surface area contributed by atoms with E-state index in [1.165, 1.54) is 60.1 Å². The Bertz CT molecular complexity index is 3010. The van der Waals surface area contributed by atoms with Gasteiger partial charge in [0.05, 0.1) is 48.6 Å². The monoisotopic (exact) mass is 748 g/mol. The maximum absolute atomic E-state index is 13.7. The molecule has 55 heavy (non-hydrogen) atoms. The van der Waals surface area contributed by atoms with E-state index in [0.717, 1.165) is 16.1 Å². The summed E-state index contributed by atoms with van der Waals surface area (Å²) in [5.74, 6) is 0. The predicted molar refractivity (Wildman–Crippen MR) is 232 cm³/mol. The topological polar surface area (TPSA) is 36.7 Å². The van der Waals surface area contributed by atoms with Crippen LogP contribution in [0.5, 0.6) is 0 Å². The predicted octanol–water partition coefficient (Wildman–Crippen LogP) is 14.1. The molecule has 0 N–H and O–H groups in total. The van der Waals surface area contributed by atoms with Gasteiger partial charge in [-0.25, -0.2) is 0 Å². The van der Waals surface area contributed by atoms with Gasteiger partial charge >= 0.3 is 0 Å². The van der Waals surface area contributed by atoms with Crippen molar-refractivity contribution in [1.82, 2.24) is 0 Å². The third kappa shape index (κ3) is 4.47. The molecule has 0 radical (unpaired) electrons. The summed E-state index contributed by atoms with van der Waals surface area (Å²) in [6.45, 7) is 9.33. The minimum absolute atomic E-state index is 0.0102. The molecule has 0 amide bonds. The number of hydrogen-bond acceptors (Lipinski definition) is 6. The van der Waals surface area contributed by atoms with Gasteiger partial charge in [0, 0.05) is 21.8 Å². The fraction of sp³-hybridized carbons (Fsp3) is 0.122. The zero-order chi connectivity index (χ0) is 37.2. The Morgan fingerprint density at radius 1 is 0.509 bits per heavy atom. The molecule has 5 heterocycles. The van der Waals surface area contributed by atoms with E-state index in [4.69, 9.17) is 4.42 Å². The highest BCUT2D eigenvalue weighted by Gasteiger charge is 2.40. The number of hydrogen-bond donors (Lipinski definition) is 0. The van der Waals surface area contributed by atoms with Gasteiger partial charge in [0.2, 0.25) is 5.43 Å². The Hall–Kier alpha value is -5.95. The van der Waals surface area contributed by atoms with Crippen molar-refractivity contribution in [3.63, 3.8) is 0 Å². The van der Waals surface area contributed by atoms with Crippen LogP contribution < -0.4 is 15.2 Å². The molecule has 6 heteroatoms. The van der Waals surface area contributed by atoms with E-state index in [0.29, 0.717) is 21.9 Å². The van der Waals surface area contributed by atoms with Gasteiger partial charge in [0.1, 0.15) is 16.2 Å². The van der Waals surface area contributed by atoms with Crippen molar-refractivity contribution >= 4 is 87.4 Å². The molecule has 0 saturated carbocycles. The molecule has 11 rings (SSSR count). The lowest BCUT2D eigenvalue weighted by Gasteiger charge is -2.42. The van der Waals surface area contributed by atoms with E-state index in [9.17, 15) is 4.79 Å². The normalized spacial score (nSPS) is 15.2. The molecule has 0 spiro atoms. The lowest BCUT2D eigenvalue weighted by Crippen LogP contribution is -2.30. The average molecular weight is 749 g/mol. The highest BCUT2D eigenvalue weighted by atomic mass is 32.1. The van der Waals surface area contributed by atoms with Crippen LogP contribution in [-0.4, -0.2) is 0 Å². The molecule has 9 aromatic rings. The number of nitrogens with zero attached hydrogens (tertiary/aromatic N) is 2. The van der Waals surface area contributed by atoms with E-state index in [1.54, 1.807) is 11.3 Å². The molecule has 4 nitrogen and oxygen atoms in total. The van der Waals surface area contributed by atoms with Crippen LogP contribution in [0.3, 0.4) is 0 Å². The molecular weight excluding hydrogens is 713 g/mol. The zero-order valence-corrected chi connectivity index (χ0v) is 32.5. The molecule has 266 valence electrons. The first-order valence-electron chi connectivity index (χ1n) is 18.7. The van der Waals surface area contributed by atoms with Crippen LogP contribution in [0.1, 0.15) is 49.9 Å². The van der Waals surface area contributed by atoms with Crippen molar-refractivity contribution in [3.8, 4) is 11.1 Å². The Kier molecular flexibility index (Phi) is 6.81. The van der Waals surface area contributed by atoms with Crippen LogP contribution in [-0.2, 0) is 10.8 Å². The first-order chi connectivity index (χ1) is 26.7. The number of fused-ring (bicyclic) bond motifs is 7. The number of thiophene rings is 2. The summed E-state index contributed by atoms with van der Waals surface area (Å²) in [5.41, 5.74) is 14.1. The fourth-order valence-corrected chi connectivity index (χ4v) is 11.9.